The van der Waals surface area contributed by atoms with E-state index in [-0.39, 0.29) is 35.8 Å². The Balaban J connectivity index is 2.11. The Hall–Kier alpha value is -2.50. The van der Waals surface area contributed by atoms with E-state index in [1.165, 1.54) is 35.5 Å². The predicted molar refractivity (Wildman–Crippen MR) is 107 cm³/mol. The van der Waals surface area contributed by atoms with Gasteiger partial charge in [-0.2, -0.15) is 4.31 Å². The Labute approximate surface area is 176 Å². The maximum absolute atomic E-state index is 13.0. The van der Waals surface area contributed by atoms with E-state index >= 15 is 0 Å². The van der Waals surface area contributed by atoms with Gasteiger partial charge in [0, 0.05) is 19.6 Å². The molecule has 3 amide bonds. The van der Waals surface area contributed by atoms with Gasteiger partial charge in [0.1, 0.15) is 0 Å². The number of carbonyl (C=O) groups is 3. The normalized spacial score (nSPS) is 20.8. The average Bonchev–Trinajstić information content (AvgIpc) is 2.67. The third kappa shape index (κ3) is 6.00. The molecular weight excluding hydrogens is 414 g/mol. The van der Waals surface area contributed by atoms with Crippen LogP contribution in [-0.4, -0.2) is 68.6 Å². The monoisotopic (exact) mass is 441 g/mol. The number of sulfonamides is 1. The highest BCUT2D eigenvalue weighted by Gasteiger charge is 2.32. The highest BCUT2D eigenvalue weighted by molar-refractivity contribution is 7.89. The van der Waals surface area contributed by atoms with Crippen LogP contribution in [0.3, 0.4) is 0 Å². The van der Waals surface area contributed by atoms with Crippen LogP contribution >= 0.6 is 0 Å². The molecule has 11 heteroatoms. The molecule has 30 heavy (non-hydrogen) atoms. The van der Waals surface area contributed by atoms with Crippen LogP contribution in [-0.2, 0) is 24.3 Å². The molecule has 1 fully saturated rings. The summed E-state index contributed by atoms with van der Waals surface area (Å²) in [5.41, 5.74) is -0.0249. The van der Waals surface area contributed by atoms with E-state index in [1.54, 1.807) is 20.8 Å². The summed E-state index contributed by atoms with van der Waals surface area (Å²) in [6.07, 6.45) is -1.75. The Morgan fingerprint density at radius 1 is 1.23 bits per heavy atom. The van der Waals surface area contributed by atoms with Crippen LogP contribution in [0, 0.1) is 0 Å². The Morgan fingerprint density at radius 3 is 2.47 bits per heavy atom. The maximum atomic E-state index is 13.0. The van der Waals surface area contributed by atoms with Gasteiger partial charge in [0.25, 0.3) is 5.91 Å². The first-order valence-electron chi connectivity index (χ1n) is 9.60. The molecule has 3 atom stereocenters. The lowest BCUT2D eigenvalue weighted by Gasteiger charge is -2.34. The van der Waals surface area contributed by atoms with Crippen LogP contribution in [0.1, 0.15) is 38.1 Å². The Morgan fingerprint density at radius 2 is 1.87 bits per heavy atom. The van der Waals surface area contributed by atoms with E-state index in [0.29, 0.717) is 6.54 Å². The number of benzene rings is 1. The van der Waals surface area contributed by atoms with E-state index in [9.17, 15) is 22.8 Å². The molecule has 0 radical (unpaired) electrons. The molecule has 1 aliphatic rings. The number of urea groups is 1. The number of esters is 1. The molecule has 0 bridgehead atoms. The fourth-order valence-electron chi connectivity index (χ4n) is 2.96. The quantitative estimate of drug-likeness (QED) is 0.626. The largest absolute Gasteiger partial charge is 0.449 e. The first-order chi connectivity index (χ1) is 14.0. The summed E-state index contributed by atoms with van der Waals surface area (Å²) in [6.45, 7) is 7.32. The zero-order valence-corrected chi connectivity index (χ0v) is 18.2. The number of ether oxygens (including phenoxy) is 2. The summed E-state index contributed by atoms with van der Waals surface area (Å²) in [5.74, 6) is -1.68. The van der Waals surface area contributed by atoms with Gasteiger partial charge in [0.05, 0.1) is 22.7 Å². The third-order valence-corrected chi connectivity index (χ3v) is 6.15. The molecule has 166 valence electrons. The zero-order chi connectivity index (χ0) is 22.5. The van der Waals surface area contributed by atoms with Crippen LogP contribution in [0.4, 0.5) is 4.79 Å². The van der Waals surface area contributed by atoms with Crippen molar-refractivity contribution >= 4 is 27.9 Å². The molecule has 2 rings (SSSR count). The first-order valence-corrected chi connectivity index (χ1v) is 11.0. The van der Waals surface area contributed by atoms with Crippen LogP contribution in [0.15, 0.2) is 29.2 Å². The summed E-state index contributed by atoms with van der Waals surface area (Å²) in [5, 5.41) is 4.43. The molecule has 0 aromatic heterocycles. The summed E-state index contributed by atoms with van der Waals surface area (Å²) in [4.78, 5) is 35.7. The average molecular weight is 442 g/mol. The van der Waals surface area contributed by atoms with Gasteiger partial charge in [0.15, 0.2) is 6.10 Å². The lowest BCUT2D eigenvalue weighted by molar-refractivity contribution is -0.127. The molecule has 1 saturated heterocycles. The molecule has 1 aliphatic heterocycles. The van der Waals surface area contributed by atoms with Gasteiger partial charge >= 0.3 is 12.0 Å². The number of hydrogen-bond donors (Lipinski definition) is 2. The smallest absolute Gasteiger partial charge is 0.338 e. The van der Waals surface area contributed by atoms with Crippen molar-refractivity contribution in [2.75, 3.05) is 19.6 Å². The highest BCUT2D eigenvalue weighted by Crippen LogP contribution is 2.22. The standard InChI is InChI=1S/C19H27N3O7S/c1-5-20-19(25)21-17(23)14(4)29-18(24)15-7-6-8-16(9-15)30(26,27)22-10-12(2)28-13(3)11-22/h6-9,12-14H,5,10-11H2,1-4H3,(H2,20,21,23,25). The highest BCUT2D eigenvalue weighted by atomic mass is 32.2. The number of morpholine rings is 1. The summed E-state index contributed by atoms with van der Waals surface area (Å²) in [7, 11) is -3.84. The van der Waals surface area contributed by atoms with Crippen molar-refractivity contribution in [3.05, 3.63) is 29.8 Å². The van der Waals surface area contributed by atoms with Gasteiger partial charge in [-0.3, -0.25) is 10.1 Å². The fourth-order valence-corrected chi connectivity index (χ4v) is 4.60. The molecule has 10 nitrogen and oxygen atoms in total. The molecule has 1 aromatic carbocycles. The molecule has 1 heterocycles. The zero-order valence-electron chi connectivity index (χ0n) is 17.4. The molecule has 3 unspecified atom stereocenters. The minimum atomic E-state index is -3.84. The second-order valence-corrected chi connectivity index (χ2v) is 8.94. The molecule has 0 aliphatic carbocycles. The number of hydrogen-bond acceptors (Lipinski definition) is 7. The van der Waals surface area contributed by atoms with Crippen molar-refractivity contribution in [1.82, 2.24) is 14.9 Å². The molecule has 0 spiro atoms. The van der Waals surface area contributed by atoms with Crippen molar-refractivity contribution in [3.63, 3.8) is 0 Å². The molecule has 0 saturated carbocycles. The molecule has 2 N–H and O–H groups in total. The summed E-state index contributed by atoms with van der Waals surface area (Å²) >= 11 is 0. The van der Waals surface area contributed by atoms with Crippen molar-refractivity contribution < 1.29 is 32.3 Å². The molecule has 1 aromatic rings. The second-order valence-electron chi connectivity index (χ2n) is 7.00. The van der Waals surface area contributed by atoms with E-state index < -0.39 is 34.0 Å². The first kappa shape index (κ1) is 23.8. The summed E-state index contributed by atoms with van der Waals surface area (Å²) < 4.78 is 37.9. The van der Waals surface area contributed by atoms with Crippen LogP contribution < -0.4 is 10.6 Å². The van der Waals surface area contributed by atoms with Gasteiger partial charge in [-0.1, -0.05) is 6.07 Å². The van der Waals surface area contributed by atoms with E-state index in [2.05, 4.69) is 5.32 Å². The number of rotatable bonds is 6. The summed E-state index contributed by atoms with van der Waals surface area (Å²) in [6, 6.07) is 4.71. The topological polar surface area (TPSA) is 131 Å². The minimum Gasteiger partial charge on any atom is -0.449 e. The Kier molecular flexibility index (Phi) is 7.93. The number of nitrogens with one attached hydrogen (secondary N) is 2. The maximum Gasteiger partial charge on any atom is 0.338 e. The van der Waals surface area contributed by atoms with Gasteiger partial charge in [-0.15, -0.1) is 0 Å². The van der Waals surface area contributed by atoms with Crippen LogP contribution in [0.5, 0.6) is 0 Å². The van der Waals surface area contributed by atoms with Crippen molar-refractivity contribution in [1.29, 1.82) is 0 Å². The Bertz CT molecular complexity index is 893. The van der Waals surface area contributed by atoms with E-state index in [4.69, 9.17) is 9.47 Å². The number of imide groups is 1. The number of carbonyl (C=O) groups excluding carboxylic acids is 3. The lowest BCUT2D eigenvalue weighted by Crippen LogP contribution is -2.48. The van der Waals surface area contributed by atoms with Gasteiger partial charge in [-0.05, 0) is 45.9 Å². The number of amides is 3. The van der Waals surface area contributed by atoms with Crippen LogP contribution in [0.25, 0.3) is 0 Å². The van der Waals surface area contributed by atoms with Crippen molar-refractivity contribution in [3.8, 4) is 0 Å². The van der Waals surface area contributed by atoms with Crippen molar-refractivity contribution in [2.24, 2.45) is 0 Å². The fraction of sp³-hybridized carbons (Fsp3) is 0.526. The minimum absolute atomic E-state index is 0.0249. The van der Waals surface area contributed by atoms with Gasteiger partial charge in [0.2, 0.25) is 10.0 Å². The third-order valence-electron chi connectivity index (χ3n) is 4.32. The lowest BCUT2D eigenvalue weighted by atomic mass is 10.2. The second kappa shape index (κ2) is 10.0. The molecular formula is C19H27N3O7S. The SMILES string of the molecule is CCNC(=O)NC(=O)C(C)OC(=O)c1cccc(S(=O)(=O)N2CC(C)OC(C)C2)c1. The van der Waals surface area contributed by atoms with Crippen molar-refractivity contribution in [2.45, 2.75) is 50.9 Å². The number of nitrogens with zero attached hydrogens (tertiary/aromatic N) is 1. The van der Waals surface area contributed by atoms with E-state index in [1.807, 2.05) is 5.32 Å². The van der Waals surface area contributed by atoms with Crippen LogP contribution in [0.2, 0.25) is 0 Å². The van der Waals surface area contributed by atoms with Gasteiger partial charge in [-0.25, -0.2) is 18.0 Å². The van der Waals surface area contributed by atoms with Gasteiger partial charge < -0.3 is 14.8 Å². The van der Waals surface area contributed by atoms with E-state index in [0.717, 1.165) is 0 Å². The predicted octanol–water partition coefficient (Wildman–Crippen LogP) is 0.876.